The van der Waals surface area contributed by atoms with Crippen LogP contribution in [0.4, 0.5) is 0 Å². The van der Waals surface area contributed by atoms with Crippen LogP contribution in [0, 0.1) is 0 Å². The van der Waals surface area contributed by atoms with Crippen molar-refractivity contribution in [2.24, 2.45) is 0 Å². The Morgan fingerprint density at radius 3 is 2.32 bits per heavy atom. The first-order valence-corrected chi connectivity index (χ1v) is 10.6. The fourth-order valence-corrected chi connectivity index (χ4v) is 4.25. The maximum absolute atomic E-state index is 13.0. The fourth-order valence-electron chi connectivity index (χ4n) is 4.01. The lowest BCUT2D eigenvalue weighted by molar-refractivity contribution is -0.132. The molecule has 31 heavy (non-hydrogen) atoms. The summed E-state index contributed by atoms with van der Waals surface area (Å²) in [4.78, 5) is 26.9. The smallest absolute Gasteiger partial charge is 0.230 e. The molecule has 0 fully saturated rings. The zero-order chi connectivity index (χ0) is 22.1. The number of nitrogens with zero attached hydrogens (tertiary/aromatic N) is 3. The summed E-state index contributed by atoms with van der Waals surface area (Å²) in [6.45, 7) is 4.15. The van der Waals surface area contributed by atoms with Crippen LogP contribution in [0.3, 0.4) is 0 Å². The molecule has 1 amide bonds. The first kappa shape index (κ1) is 21.0. The number of aromatic hydroxyl groups is 1. The van der Waals surface area contributed by atoms with Crippen LogP contribution in [0.2, 0.25) is 5.02 Å². The van der Waals surface area contributed by atoms with E-state index < -0.39 is 11.2 Å². The van der Waals surface area contributed by atoms with Gasteiger partial charge in [0.15, 0.2) is 5.75 Å². The van der Waals surface area contributed by atoms with Crippen LogP contribution >= 0.6 is 11.6 Å². The van der Waals surface area contributed by atoms with Crippen LogP contribution in [0.15, 0.2) is 71.7 Å². The summed E-state index contributed by atoms with van der Waals surface area (Å²) in [6, 6.07) is 18.3. The molecule has 0 spiro atoms. The number of pyridine rings is 1. The maximum atomic E-state index is 13.0. The highest BCUT2D eigenvalue weighted by Gasteiger charge is 2.34. The molecule has 1 unspecified atom stereocenters. The maximum Gasteiger partial charge on any atom is 0.230 e. The number of halogens is 1. The molecule has 7 heteroatoms. The van der Waals surface area contributed by atoms with Crippen molar-refractivity contribution in [3.63, 3.8) is 0 Å². The Balaban J connectivity index is 1.99. The molecule has 1 atom stereocenters. The largest absolute Gasteiger partial charge is 0.503 e. The Morgan fingerprint density at radius 1 is 0.968 bits per heavy atom. The third-order valence-corrected chi connectivity index (χ3v) is 5.94. The van der Waals surface area contributed by atoms with Crippen LogP contribution in [0.25, 0.3) is 0 Å². The molecule has 0 radical (unpaired) electrons. The highest BCUT2D eigenvalue weighted by Crippen LogP contribution is 2.34. The molecule has 4 rings (SSSR count). The highest BCUT2D eigenvalue weighted by molar-refractivity contribution is 6.31. The number of hydrogen-bond acceptors (Lipinski definition) is 4. The number of carbonyl (C=O) groups is 1. The second-order valence-corrected chi connectivity index (χ2v) is 8.28. The monoisotopic (exact) mass is 437 g/mol. The molecule has 1 aliphatic heterocycles. The van der Waals surface area contributed by atoms with Gasteiger partial charge in [-0.05, 0) is 31.0 Å². The molecule has 6 nitrogen and oxygen atoms in total. The van der Waals surface area contributed by atoms with Gasteiger partial charge in [0.05, 0.1) is 18.2 Å². The normalized spacial score (nSPS) is 15.0. The van der Waals surface area contributed by atoms with Crippen LogP contribution in [0.5, 0.6) is 5.75 Å². The molecule has 0 aliphatic carbocycles. The zero-order valence-electron chi connectivity index (χ0n) is 17.4. The first-order valence-electron chi connectivity index (χ1n) is 10.2. The van der Waals surface area contributed by atoms with E-state index in [1.54, 1.807) is 15.8 Å². The first-order chi connectivity index (χ1) is 14.9. The number of hydrogen-bond donors (Lipinski definition) is 1. The summed E-state index contributed by atoms with van der Waals surface area (Å²) in [7, 11) is 0. The Morgan fingerprint density at radius 2 is 1.65 bits per heavy atom. The predicted molar refractivity (Wildman–Crippen MR) is 121 cm³/mol. The predicted octanol–water partition coefficient (Wildman–Crippen LogP) is 3.69. The Bertz CT molecular complexity index is 1160. The fraction of sp³-hybridized carbons (Fsp3) is 0.250. The standard InChI is InChI=1S/C24H24ClN3O3/c1-16(2)26-15-28(27-13-12-21(29)24(31)20(27)14-22(26)30)23(17-8-4-3-5-9-17)18-10-6-7-11-19(18)25/h3-13,16,23,31H,14-15H2,1-2H3. The molecular formula is C24H24ClN3O3. The van der Waals surface area contributed by atoms with E-state index in [4.69, 9.17) is 11.6 Å². The van der Waals surface area contributed by atoms with E-state index in [0.29, 0.717) is 5.02 Å². The number of aromatic nitrogens is 1. The SMILES string of the molecule is CC(C)N1CN(C(c2ccccc2)c2ccccc2Cl)n2ccc(=O)c(O)c2CC1=O. The van der Waals surface area contributed by atoms with Gasteiger partial charge in [-0.15, -0.1) is 0 Å². The van der Waals surface area contributed by atoms with E-state index in [2.05, 4.69) is 0 Å². The van der Waals surface area contributed by atoms with Crippen LogP contribution in [-0.2, 0) is 11.2 Å². The van der Waals surface area contributed by atoms with Crippen LogP contribution < -0.4 is 10.4 Å². The van der Waals surface area contributed by atoms with E-state index >= 15 is 0 Å². The number of rotatable bonds is 4. The van der Waals surface area contributed by atoms with Crippen molar-refractivity contribution < 1.29 is 9.90 Å². The van der Waals surface area contributed by atoms with Gasteiger partial charge in [-0.25, -0.2) is 0 Å². The summed E-state index contributed by atoms with van der Waals surface area (Å²) in [5, 5.41) is 13.1. The van der Waals surface area contributed by atoms with Gasteiger partial charge in [-0.2, -0.15) is 0 Å². The third-order valence-electron chi connectivity index (χ3n) is 5.60. The molecule has 160 valence electrons. The van der Waals surface area contributed by atoms with E-state index in [9.17, 15) is 14.7 Å². The second kappa shape index (κ2) is 8.47. The Hall–Kier alpha value is -3.25. The number of carbonyl (C=O) groups excluding carboxylic acids is 1. The minimum Gasteiger partial charge on any atom is -0.503 e. The molecule has 2 aromatic carbocycles. The number of amides is 1. The molecule has 0 saturated heterocycles. The van der Waals surface area contributed by atoms with Gasteiger partial charge in [0, 0.05) is 23.3 Å². The van der Waals surface area contributed by atoms with Gasteiger partial charge < -0.3 is 10.0 Å². The summed E-state index contributed by atoms with van der Waals surface area (Å²) in [6.07, 6.45) is 1.54. The lowest BCUT2D eigenvalue weighted by atomic mass is 9.98. The summed E-state index contributed by atoms with van der Waals surface area (Å²) in [5.74, 6) is -0.560. The van der Waals surface area contributed by atoms with E-state index in [0.717, 1.165) is 11.1 Å². The molecule has 1 aromatic heterocycles. The Labute approximate surface area is 185 Å². The molecule has 1 N–H and O–H groups in total. The van der Waals surface area contributed by atoms with E-state index in [-0.39, 0.29) is 36.8 Å². The molecule has 1 aliphatic rings. The van der Waals surface area contributed by atoms with Gasteiger partial charge in [0.25, 0.3) is 0 Å². The van der Waals surface area contributed by atoms with Crippen molar-refractivity contribution in [3.8, 4) is 5.75 Å². The van der Waals surface area contributed by atoms with Crippen LogP contribution in [0.1, 0.15) is 36.7 Å². The van der Waals surface area contributed by atoms with Crippen LogP contribution in [-0.4, -0.2) is 33.3 Å². The van der Waals surface area contributed by atoms with Crippen molar-refractivity contribution in [1.82, 2.24) is 9.58 Å². The molecular weight excluding hydrogens is 414 g/mol. The Kier molecular flexibility index (Phi) is 5.74. The quantitative estimate of drug-likeness (QED) is 0.676. The van der Waals surface area contributed by atoms with Crippen molar-refractivity contribution >= 4 is 17.5 Å². The molecule has 0 bridgehead atoms. The average molecular weight is 438 g/mol. The van der Waals surface area contributed by atoms with E-state index in [1.807, 2.05) is 73.5 Å². The molecule has 2 heterocycles. The van der Waals surface area contributed by atoms with Gasteiger partial charge in [-0.3, -0.25) is 19.3 Å². The summed E-state index contributed by atoms with van der Waals surface area (Å²) >= 11 is 6.62. The van der Waals surface area contributed by atoms with E-state index in [1.165, 1.54) is 6.07 Å². The average Bonchev–Trinajstić information content (AvgIpc) is 2.90. The third kappa shape index (κ3) is 3.91. The second-order valence-electron chi connectivity index (χ2n) is 7.87. The van der Waals surface area contributed by atoms with Gasteiger partial charge in [0.2, 0.25) is 11.3 Å². The minimum atomic E-state index is -0.508. The molecule has 3 aromatic rings. The number of fused-ring (bicyclic) bond motifs is 1. The van der Waals surface area contributed by atoms with Gasteiger partial charge >= 0.3 is 0 Å². The van der Waals surface area contributed by atoms with Crippen molar-refractivity contribution in [2.75, 3.05) is 11.7 Å². The zero-order valence-corrected chi connectivity index (χ0v) is 18.2. The van der Waals surface area contributed by atoms with Crippen molar-refractivity contribution in [1.29, 1.82) is 0 Å². The topological polar surface area (TPSA) is 65.8 Å². The van der Waals surface area contributed by atoms with Crippen molar-refractivity contribution in [2.45, 2.75) is 32.4 Å². The number of benzene rings is 2. The lowest BCUT2D eigenvalue weighted by Crippen LogP contribution is -2.49. The van der Waals surface area contributed by atoms with Gasteiger partial charge in [0.1, 0.15) is 6.67 Å². The highest BCUT2D eigenvalue weighted by atomic mass is 35.5. The minimum absolute atomic E-state index is 0.0681. The van der Waals surface area contributed by atoms with Crippen molar-refractivity contribution in [3.05, 3.63) is 98.9 Å². The summed E-state index contributed by atoms with van der Waals surface area (Å²) < 4.78 is 1.72. The summed E-state index contributed by atoms with van der Waals surface area (Å²) in [5.41, 5.74) is 1.59. The molecule has 0 saturated carbocycles. The van der Waals surface area contributed by atoms with Gasteiger partial charge in [-0.1, -0.05) is 60.1 Å². The lowest BCUT2D eigenvalue weighted by Gasteiger charge is -2.39.